The van der Waals surface area contributed by atoms with Crippen LogP contribution < -0.4 is 0 Å². The standard InChI is InChI=1S/C7H16N2O/c1-7(2)9-4-8(3)5-10-6-9/h7H,4-6H2,1-3H3. The fourth-order valence-corrected chi connectivity index (χ4v) is 1.02. The Hall–Kier alpha value is -0.120. The van der Waals surface area contributed by atoms with Crippen molar-refractivity contribution in [3.05, 3.63) is 0 Å². The highest BCUT2D eigenvalue weighted by Crippen LogP contribution is 2.04. The fourth-order valence-electron chi connectivity index (χ4n) is 1.02. The highest BCUT2D eigenvalue weighted by atomic mass is 16.5. The SMILES string of the molecule is CC(C)N1COCN(C)C1. The smallest absolute Gasteiger partial charge is 0.102 e. The summed E-state index contributed by atoms with van der Waals surface area (Å²) >= 11 is 0. The second kappa shape index (κ2) is 3.32. The predicted octanol–water partition coefficient (Wildman–Crippen LogP) is 0.531. The molecule has 10 heavy (non-hydrogen) atoms. The minimum Gasteiger partial charge on any atom is -0.351 e. The van der Waals surface area contributed by atoms with Gasteiger partial charge in [-0.25, -0.2) is 0 Å². The van der Waals surface area contributed by atoms with Crippen LogP contribution in [0.2, 0.25) is 0 Å². The summed E-state index contributed by atoms with van der Waals surface area (Å²) in [5.41, 5.74) is 0. The zero-order chi connectivity index (χ0) is 7.56. The molecule has 1 heterocycles. The van der Waals surface area contributed by atoms with Gasteiger partial charge < -0.3 is 4.74 Å². The van der Waals surface area contributed by atoms with Crippen molar-refractivity contribution >= 4 is 0 Å². The third-order valence-corrected chi connectivity index (χ3v) is 1.72. The lowest BCUT2D eigenvalue weighted by atomic mass is 10.3. The molecular formula is C7H16N2O. The van der Waals surface area contributed by atoms with E-state index in [2.05, 4.69) is 30.7 Å². The van der Waals surface area contributed by atoms with Crippen molar-refractivity contribution in [1.29, 1.82) is 0 Å². The highest BCUT2D eigenvalue weighted by Gasteiger charge is 2.16. The third kappa shape index (κ3) is 1.94. The first-order valence-electron chi connectivity index (χ1n) is 3.70. The van der Waals surface area contributed by atoms with Gasteiger partial charge in [0.2, 0.25) is 0 Å². The van der Waals surface area contributed by atoms with Crippen LogP contribution in [-0.2, 0) is 4.74 Å². The van der Waals surface area contributed by atoms with Crippen LogP contribution in [-0.4, -0.2) is 43.0 Å². The number of hydrogen-bond donors (Lipinski definition) is 0. The first-order valence-corrected chi connectivity index (χ1v) is 3.70. The van der Waals surface area contributed by atoms with Crippen LogP contribution in [0.25, 0.3) is 0 Å². The Morgan fingerprint density at radius 2 is 2.00 bits per heavy atom. The van der Waals surface area contributed by atoms with Gasteiger partial charge in [0.15, 0.2) is 0 Å². The first kappa shape index (κ1) is 7.98. The van der Waals surface area contributed by atoms with Gasteiger partial charge in [0, 0.05) is 6.04 Å². The molecule has 0 bridgehead atoms. The van der Waals surface area contributed by atoms with E-state index in [1.54, 1.807) is 0 Å². The van der Waals surface area contributed by atoms with E-state index in [0.717, 1.165) is 20.1 Å². The van der Waals surface area contributed by atoms with E-state index in [1.165, 1.54) is 0 Å². The number of hydrogen-bond acceptors (Lipinski definition) is 3. The van der Waals surface area contributed by atoms with Crippen LogP contribution >= 0.6 is 0 Å². The molecule has 3 heteroatoms. The Morgan fingerprint density at radius 1 is 1.30 bits per heavy atom. The number of nitrogens with zero attached hydrogens (tertiary/aromatic N) is 2. The van der Waals surface area contributed by atoms with Gasteiger partial charge in [0.1, 0.15) is 13.5 Å². The molecule has 1 aliphatic heterocycles. The highest BCUT2D eigenvalue weighted by molar-refractivity contribution is 4.60. The molecule has 1 rings (SSSR count). The topological polar surface area (TPSA) is 15.7 Å². The Bertz CT molecular complexity index is 106. The Labute approximate surface area is 62.6 Å². The Balaban J connectivity index is 2.32. The van der Waals surface area contributed by atoms with Gasteiger partial charge in [-0.2, -0.15) is 0 Å². The van der Waals surface area contributed by atoms with Crippen molar-refractivity contribution < 1.29 is 4.74 Å². The predicted molar refractivity (Wildman–Crippen MR) is 40.4 cm³/mol. The van der Waals surface area contributed by atoms with Gasteiger partial charge >= 0.3 is 0 Å². The van der Waals surface area contributed by atoms with Gasteiger partial charge in [-0.3, -0.25) is 9.80 Å². The minimum atomic E-state index is 0.586. The summed E-state index contributed by atoms with van der Waals surface area (Å²) in [6, 6.07) is 0.586. The van der Waals surface area contributed by atoms with E-state index in [1.807, 2.05) is 0 Å². The maximum Gasteiger partial charge on any atom is 0.102 e. The second-order valence-electron chi connectivity index (χ2n) is 3.14. The molecule has 1 saturated heterocycles. The average Bonchev–Trinajstić information content (AvgIpc) is 1.88. The van der Waals surface area contributed by atoms with E-state index >= 15 is 0 Å². The molecule has 0 aliphatic carbocycles. The number of ether oxygens (including phenoxy) is 1. The molecule has 0 atom stereocenters. The quantitative estimate of drug-likeness (QED) is 0.534. The molecule has 0 radical (unpaired) electrons. The van der Waals surface area contributed by atoms with Crippen molar-refractivity contribution in [2.24, 2.45) is 0 Å². The molecule has 0 saturated carbocycles. The lowest BCUT2D eigenvalue weighted by molar-refractivity contribution is -0.112. The van der Waals surface area contributed by atoms with Gasteiger partial charge in [-0.15, -0.1) is 0 Å². The second-order valence-corrected chi connectivity index (χ2v) is 3.14. The van der Waals surface area contributed by atoms with E-state index in [4.69, 9.17) is 4.74 Å². The summed E-state index contributed by atoms with van der Waals surface area (Å²) in [6.07, 6.45) is 0. The molecule has 0 aromatic rings. The summed E-state index contributed by atoms with van der Waals surface area (Å²) < 4.78 is 5.31. The molecule has 1 aliphatic rings. The lowest BCUT2D eigenvalue weighted by Crippen LogP contribution is -2.47. The number of rotatable bonds is 1. The van der Waals surface area contributed by atoms with E-state index < -0.39 is 0 Å². The largest absolute Gasteiger partial charge is 0.351 e. The Morgan fingerprint density at radius 3 is 2.40 bits per heavy atom. The molecule has 0 unspecified atom stereocenters. The van der Waals surface area contributed by atoms with E-state index in [0.29, 0.717) is 6.04 Å². The van der Waals surface area contributed by atoms with Crippen molar-refractivity contribution in [3.8, 4) is 0 Å². The molecule has 60 valence electrons. The molecule has 0 N–H and O–H groups in total. The van der Waals surface area contributed by atoms with Crippen LogP contribution in [0.4, 0.5) is 0 Å². The van der Waals surface area contributed by atoms with Crippen molar-refractivity contribution in [3.63, 3.8) is 0 Å². The summed E-state index contributed by atoms with van der Waals surface area (Å²) in [5, 5.41) is 0. The zero-order valence-corrected chi connectivity index (χ0v) is 7.00. The van der Waals surface area contributed by atoms with E-state index in [-0.39, 0.29) is 0 Å². The lowest BCUT2D eigenvalue weighted by Gasteiger charge is -2.35. The first-order chi connectivity index (χ1) is 4.70. The van der Waals surface area contributed by atoms with E-state index in [9.17, 15) is 0 Å². The van der Waals surface area contributed by atoms with Gasteiger partial charge in [-0.05, 0) is 20.9 Å². The molecule has 0 amide bonds. The van der Waals surface area contributed by atoms with Crippen LogP contribution in [0.3, 0.4) is 0 Å². The fraction of sp³-hybridized carbons (Fsp3) is 1.00. The van der Waals surface area contributed by atoms with Crippen LogP contribution in [0.5, 0.6) is 0 Å². The molecule has 0 aromatic heterocycles. The summed E-state index contributed by atoms with van der Waals surface area (Å²) in [5.74, 6) is 0. The van der Waals surface area contributed by atoms with Gasteiger partial charge in [0.05, 0.1) is 6.67 Å². The van der Waals surface area contributed by atoms with Crippen molar-refractivity contribution in [2.75, 3.05) is 27.2 Å². The molecular weight excluding hydrogens is 128 g/mol. The third-order valence-electron chi connectivity index (χ3n) is 1.72. The summed E-state index contributed by atoms with van der Waals surface area (Å²) in [6.45, 7) is 6.94. The van der Waals surface area contributed by atoms with Crippen molar-refractivity contribution in [1.82, 2.24) is 9.80 Å². The van der Waals surface area contributed by atoms with Crippen LogP contribution in [0.1, 0.15) is 13.8 Å². The van der Waals surface area contributed by atoms with Crippen LogP contribution in [0.15, 0.2) is 0 Å². The van der Waals surface area contributed by atoms with Crippen LogP contribution in [0, 0.1) is 0 Å². The maximum absolute atomic E-state index is 5.31. The monoisotopic (exact) mass is 144 g/mol. The molecule has 0 aromatic carbocycles. The van der Waals surface area contributed by atoms with Gasteiger partial charge in [0.25, 0.3) is 0 Å². The van der Waals surface area contributed by atoms with Crippen molar-refractivity contribution in [2.45, 2.75) is 19.9 Å². The maximum atomic E-state index is 5.31. The molecule has 1 fully saturated rings. The normalized spacial score (nSPS) is 24.0. The summed E-state index contributed by atoms with van der Waals surface area (Å²) in [4.78, 5) is 4.44. The molecule has 3 nitrogen and oxygen atoms in total. The summed E-state index contributed by atoms with van der Waals surface area (Å²) in [7, 11) is 2.06. The Kier molecular flexibility index (Phi) is 2.65. The van der Waals surface area contributed by atoms with Gasteiger partial charge in [-0.1, -0.05) is 0 Å². The molecule has 0 spiro atoms. The average molecular weight is 144 g/mol. The zero-order valence-electron chi connectivity index (χ0n) is 7.00. The minimum absolute atomic E-state index is 0.586.